The van der Waals surface area contributed by atoms with Gasteiger partial charge in [0.2, 0.25) is 21.8 Å². The van der Waals surface area contributed by atoms with E-state index in [1.54, 1.807) is 35.2 Å². The summed E-state index contributed by atoms with van der Waals surface area (Å²) in [5.74, 6) is -0.602. The Morgan fingerprint density at radius 2 is 1.82 bits per heavy atom. The van der Waals surface area contributed by atoms with E-state index in [2.05, 4.69) is 10.0 Å². The molecule has 1 atom stereocenters. The number of rotatable bonds is 6. The summed E-state index contributed by atoms with van der Waals surface area (Å²) in [6, 6.07) is 10.7. The van der Waals surface area contributed by atoms with Crippen LogP contribution in [-0.2, 0) is 26.0 Å². The van der Waals surface area contributed by atoms with E-state index in [0.29, 0.717) is 31.5 Å². The molecule has 2 aliphatic rings. The Labute approximate surface area is 199 Å². The van der Waals surface area contributed by atoms with Crippen LogP contribution in [0.4, 0.5) is 15.8 Å². The number of hydrogen-bond acceptors (Lipinski definition) is 4. The molecular weight excluding hydrogens is 457 g/mol. The first kappa shape index (κ1) is 24.3. The molecule has 1 fully saturated rings. The molecule has 0 bridgehead atoms. The molecule has 0 spiro atoms. The summed E-state index contributed by atoms with van der Waals surface area (Å²) in [4.78, 5) is 26.3. The van der Waals surface area contributed by atoms with E-state index >= 15 is 0 Å². The van der Waals surface area contributed by atoms with Gasteiger partial charge in [0.25, 0.3) is 0 Å². The highest BCUT2D eigenvalue weighted by atomic mass is 32.2. The summed E-state index contributed by atoms with van der Waals surface area (Å²) in [6.07, 6.45) is 3.41. The molecule has 182 valence electrons. The van der Waals surface area contributed by atoms with Crippen molar-refractivity contribution >= 4 is 33.2 Å². The van der Waals surface area contributed by atoms with E-state index in [0.717, 1.165) is 24.1 Å². The predicted molar refractivity (Wildman–Crippen MR) is 128 cm³/mol. The summed E-state index contributed by atoms with van der Waals surface area (Å²) in [5, 5.41) is 2.76. The fraction of sp³-hybridized carbons (Fsp3) is 0.440. The molecule has 7 nitrogen and oxygen atoms in total. The van der Waals surface area contributed by atoms with Gasteiger partial charge in [-0.2, -0.15) is 0 Å². The standard InChI is InChI=1S/C25H30FN3O4S/c1-16-12-20-13-23(10-11-24(20)29(16)17(2)30)34(32,33)27-15-18-6-8-19(9-7-18)25(31)28-22-5-3-4-21(26)14-22/h3-5,10-11,13-14,16,18-19,27H,6-9,12,15H2,1-2H3,(H,28,31)/t16-,18?,19?/m0/s1. The Morgan fingerprint density at radius 1 is 1.09 bits per heavy atom. The minimum Gasteiger partial charge on any atom is -0.326 e. The van der Waals surface area contributed by atoms with E-state index in [1.165, 1.54) is 19.1 Å². The maximum atomic E-state index is 13.3. The maximum absolute atomic E-state index is 13.3. The molecular formula is C25H30FN3O4S. The van der Waals surface area contributed by atoms with Crippen LogP contribution in [0.2, 0.25) is 0 Å². The van der Waals surface area contributed by atoms with Crippen molar-refractivity contribution in [3.63, 3.8) is 0 Å². The van der Waals surface area contributed by atoms with Crippen LogP contribution in [0.15, 0.2) is 47.4 Å². The Kier molecular flexibility index (Phi) is 7.04. The zero-order valence-corrected chi connectivity index (χ0v) is 20.2. The van der Waals surface area contributed by atoms with Crippen molar-refractivity contribution in [1.29, 1.82) is 0 Å². The molecule has 4 rings (SSSR count). The van der Waals surface area contributed by atoms with Crippen LogP contribution in [0.25, 0.3) is 0 Å². The summed E-state index contributed by atoms with van der Waals surface area (Å²) >= 11 is 0. The number of sulfonamides is 1. The minimum atomic E-state index is -3.68. The van der Waals surface area contributed by atoms with Gasteiger partial charge in [-0.3, -0.25) is 9.59 Å². The zero-order chi connectivity index (χ0) is 24.5. The third-order valence-electron chi connectivity index (χ3n) is 6.79. The van der Waals surface area contributed by atoms with Crippen LogP contribution in [0, 0.1) is 17.7 Å². The lowest BCUT2D eigenvalue weighted by Crippen LogP contribution is -2.34. The third kappa shape index (κ3) is 5.31. The van der Waals surface area contributed by atoms with Crippen molar-refractivity contribution in [3.8, 4) is 0 Å². The van der Waals surface area contributed by atoms with Crippen molar-refractivity contribution in [1.82, 2.24) is 4.72 Å². The molecule has 9 heteroatoms. The van der Waals surface area contributed by atoms with Crippen molar-refractivity contribution in [2.24, 2.45) is 11.8 Å². The molecule has 1 aliphatic carbocycles. The van der Waals surface area contributed by atoms with E-state index in [-0.39, 0.29) is 34.6 Å². The molecule has 1 heterocycles. The van der Waals surface area contributed by atoms with Gasteiger partial charge in [-0.15, -0.1) is 0 Å². The molecule has 0 saturated heterocycles. The Bertz CT molecular complexity index is 1190. The van der Waals surface area contributed by atoms with Gasteiger partial charge in [-0.1, -0.05) is 6.07 Å². The van der Waals surface area contributed by atoms with Crippen molar-refractivity contribution in [2.75, 3.05) is 16.8 Å². The number of fused-ring (bicyclic) bond motifs is 1. The smallest absolute Gasteiger partial charge is 0.240 e. The number of carbonyl (C=O) groups is 2. The molecule has 2 aromatic carbocycles. The van der Waals surface area contributed by atoms with Gasteiger partial charge in [0.05, 0.1) is 4.90 Å². The van der Waals surface area contributed by atoms with Gasteiger partial charge in [0.1, 0.15) is 5.82 Å². The summed E-state index contributed by atoms with van der Waals surface area (Å²) < 4.78 is 41.8. The monoisotopic (exact) mass is 487 g/mol. The quantitative estimate of drug-likeness (QED) is 0.647. The van der Waals surface area contributed by atoms with Gasteiger partial charge >= 0.3 is 0 Å². The van der Waals surface area contributed by atoms with E-state index < -0.39 is 15.8 Å². The van der Waals surface area contributed by atoms with Gasteiger partial charge < -0.3 is 10.2 Å². The van der Waals surface area contributed by atoms with Gasteiger partial charge in [-0.05, 0) is 86.9 Å². The third-order valence-corrected chi connectivity index (χ3v) is 8.21. The van der Waals surface area contributed by atoms with Gasteiger partial charge in [0.15, 0.2) is 0 Å². The second kappa shape index (κ2) is 9.84. The molecule has 2 amide bonds. The van der Waals surface area contributed by atoms with Crippen LogP contribution < -0.4 is 14.9 Å². The Balaban J connectivity index is 1.30. The minimum absolute atomic E-state index is 0.00622. The maximum Gasteiger partial charge on any atom is 0.240 e. The van der Waals surface area contributed by atoms with Gasteiger partial charge in [-0.25, -0.2) is 17.5 Å². The molecule has 34 heavy (non-hydrogen) atoms. The Hall–Kier alpha value is -2.78. The number of anilines is 2. The number of amides is 2. The van der Waals surface area contributed by atoms with Crippen molar-refractivity contribution < 1.29 is 22.4 Å². The first-order chi connectivity index (χ1) is 16.1. The summed E-state index contributed by atoms with van der Waals surface area (Å²) in [5.41, 5.74) is 2.07. The average molecular weight is 488 g/mol. The highest BCUT2D eigenvalue weighted by Gasteiger charge is 2.31. The first-order valence-corrected chi connectivity index (χ1v) is 13.1. The first-order valence-electron chi connectivity index (χ1n) is 11.6. The van der Waals surface area contributed by atoms with Crippen LogP contribution >= 0.6 is 0 Å². The Morgan fingerprint density at radius 3 is 2.50 bits per heavy atom. The lowest BCUT2D eigenvalue weighted by atomic mass is 9.81. The van der Waals surface area contributed by atoms with Crippen molar-refractivity contribution in [2.45, 2.75) is 56.9 Å². The number of hydrogen-bond donors (Lipinski definition) is 2. The number of carbonyl (C=O) groups excluding carboxylic acids is 2. The number of nitrogens with one attached hydrogen (secondary N) is 2. The second-order valence-corrected chi connectivity index (χ2v) is 11.1. The predicted octanol–water partition coefficient (Wildman–Crippen LogP) is 3.85. The molecule has 0 aromatic heterocycles. The van der Waals surface area contributed by atoms with E-state index in [4.69, 9.17) is 0 Å². The van der Waals surface area contributed by atoms with Crippen LogP contribution in [-0.4, -0.2) is 32.8 Å². The topological polar surface area (TPSA) is 95.6 Å². The molecule has 1 saturated carbocycles. The number of nitrogens with zero attached hydrogens (tertiary/aromatic N) is 1. The van der Waals surface area contributed by atoms with E-state index in [9.17, 15) is 22.4 Å². The molecule has 0 unspecified atom stereocenters. The summed E-state index contributed by atoms with van der Waals surface area (Å²) in [7, 11) is -3.68. The van der Waals surface area contributed by atoms with Crippen LogP contribution in [0.1, 0.15) is 45.1 Å². The normalized spacial score (nSPS) is 22.3. The molecule has 2 N–H and O–H groups in total. The van der Waals surface area contributed by atoms with Crippen LogP contribution in [0.5, 0.6) is 0 Å². The largest absolute Gasteiger partial charge is 0.326 e. The van der Waals surface area contributed by atoms with Crippen molar-refractivity contribution in [3.05, 3.63) is 53.8 Å². The summed E-state index contributed by atoms with van der Waals surface area (Å²) in [6.45, 7) is 3.77. The van der Waals surface area contributed by atoms with Gasteiger partial charge in [0, 0.05) is 36.8 Å². The fourth-order valence-corrected chi connectivity index (χ4v) is 6.17. The average Bonchev–Trinajstić information content (AvgIpc) is 3.13. The second-order valence-electron chi connectivity index (χ2n) is 9.30. The van der Waals surface area contributed by atoms with E-state index in [1.807, 2.05) is 6.92 Å². The lowest BCUT2D eigenvalue weighted by molar-refractivity contribution is -0.121. The molecule has 2 aromatic rings. The highest BCUT2D eigenvalue weighted by Crippen LogP contribution is 2.34. The van der Waals surface area contributed by atoms with Crippen LogP contribution in [0.3, 0.4) is 0 Å². The SMILES string of the molecule is CC(=O)N1c2ccc(S(=O)(=O)NCC3CCC(C(=O)Nc4cccc(F)c4)CC3)cc2C[C@@H]1C. The highest BCUT2D eigenvalue weighted by molar-refractivity contribution is 7.89. The zero-order valence-electron chi connectivity index (χ0n) is 19.4. The number of benzene rings is 2. The molecule has 0 radical (unpaired) electrons. The fourth-order valence-electron chi connectivity index (χ4n) is 5.00. The lowest BCUT2D eigenvalue weighted by Gasteiger charge is -2.28. The number of halogens is 1. The molecule has 1 aliphatic heterocycles.